The zero-order valence-corrected chi connectivity index (χ0v) is 12.9. The van der Waals surface area contributed by atoms with Crippen molar-refractivity contribution < 1.29 is 0 Å². The molecule has 1 aromatic carbocycles. The predicted molar refractivity (Wildman–Crippen MR) is 80.6 cm³/mol. The second kappa shape index (κ2) is 5.54. The first kappa shape index (κ1) is 13.1. The number of imidazole rings is 1. The fourth-order valence-corrected chi connectivity index (χ4v) is 2.48. The second-order valence-electron chi connectivity index (χ2n) is 4.25. The summed E-state index contributed by atoms with van der Waals surface area (Å²) in [6.07, 6.45) is 0. The third kappa shape index (κ3) is 2.92. The summed E-state index contributed by atoms with van der Waals surface area (Å²) in [4.78, 5) is 6.74. The smallest absolute Gasteiger partial charge is 0.124 e. The minimum Gasteiger partial charge on any atom is -0.326 e. The molecule has 2 rings (SSSR count). The van der Waals surface area contributed by atoms with Gasteiger partial charge >= 0.3 is 0 Å². The number of aromatic nitrogens is 2. The molecule has 3 nitrogen and oxygen atoms in total. The molecule has 0 fully saturated rings. The van der Waals surface area contributed by atoms with Gasteiger partial charge in [-0.15, -0.1) is 11.6 Å². The van der Waals surface area contributed by atoms with Crippen LogP contribution in [0.5, 0.6) is 0 Å². The minimum atomic E-state index is 0.457. The molecular formula is C12H15ClIN3. The van der Waals surface area contributed by atoms with Crippen LogP contribution in [0.15, 0.2) is 18.2 Å². The number of halogens is 2. The number of nitrogens with zero attached hydrogens (tertiary/aromatic N) is 3. The Hall–Kier alpha value is -0.330. The van der Waals surface area contributed by atoms with E-state index in [0.29, 0.717) is 5.88 Å². The number of fused-ring (bicyclic) bond motifs is 1. The largest absolute Gasteiger partial charge is 0.326 e. The van der Waals surface area contributed by atoms with Crippen LogP contribution in [0.4, 0.5) is 0 Å². The molecule has 0 aliphatic rings. The molecule has 0 aliphatic carbocycles. The molecule has 1 aromatic heterocycles. The van der Waals surface area contributed by atoms with Crippen LogP contribution in [0.2, 0.25) is 0 Å². The highest BCUT2D eigenvalue weighted by Gasteiger charge is 2.10. The van der Waals surface area contributed by atoms with Crippen molar-refractivity contribution in [2.24, 2.45) is 0 Å². The summed E-state index contributed by atoms with van der Waals surface area (Å²) in [6, 6.07) is 6.32. The van der Waals surface area contributed by atoms with Crippen molar-refractivity contribution >= 4 is 45.2 Å². The van der Waals surface area contributed by atoms with Gasteiger partial charge in [0.15, 0.2) is 0 Å². The van der Waals surface area contributed by atoms with Crippen molar-refractivity contribution in [1.82, 2.24) is 14.5 Å². The maximum atomic E-state index is 5.96. The van der Waals surface area contributed by atoms with E-state index in [-0.39, 0.29) is 0 Å². The highest BCUT2D eigenvalue weighted by atomic mass is 127. The predicted octanol–water partition coefficient (Wildman–Crippen LogP) is 2.94. The van der Waals surface area contributed by atoms with Gasteiger partial charge in [0, 0.05) is 16.7 Å². The normalized spacial score (nSPS) is 11.6. The lowest BCUT2D eigenvalue weighted by Crippen LogP contribution is -2.19. The molecule has 1 heterocycles. The number of alkyl halides is 1. The van der Waals surface area contributed by atoms with E-state index in [0.717, 1.165) is 24.4 Å². The van der Waals surface area contributed by atoms with E-state index in [9.17, 15) is 0 Å². The first-order chi connectivity index (χ1) is 8.11. The Labute approximate surface area is 120 Å². The van der Waals surface area contributed by atoms with Crippen molar-refractivity contribution in [2.45, 2.75) is 12.4 Å². The third-order valence-electron chi connectivity index (χ3n) is 2.68. The van der Waals surface area contributed by atoms with E-state index < -0.39 is 0 Å². The summed E-state index contributed by atoms with van der Waals surface area (Å²) in [6.45, 7) is 1.91. The van der Waals surface area contributed by atoms with Crippen molar-refractivity contribution in [3.8, 4) is 0 Å². The van der Waals surface area contributed by atoms with Gasteiger partial charge in [-0.2, -0.15) is 0 Å². The standard InChI is InChI=1S/C12H15ClIN3/c1-16(2)5-6-17-11-4-3-9(14)7-10(11)15-12(17)8-13/h3-4,7H,5-6,8H2,1-2H3. The molecule has 17 heavy (non-hydrogen) atoms. The lowest BCUT2D eigenvalue weighted by Gasteiger charge is -2.12. The maximum Gasteiger partial charge on any atom is 0.124 e. The van der Waals surface area contributed by atoms with Crippen LogP contribution in [-0.2, 0) is 12.4 Å². The average Bonchev–Trinajstić information content (AvgIpc) is 2.63. The summed E-state index contributed by atoms with van der Waals surface area (Å²) in [5.41, 5.74) is 2.20. The Morgan fingerprint density at radius 2 is 2.18 bits per heavy atom. The van der Waals surface area contributed by atoms with Gasteiger partial charge in [-0.3, -0.25) is 0 Å². The first-order valence-corrected chi connectivity index (χ1v) is 7.08. The molecule has 92 valence electrons. The SMILES string of the molecule is CN(C)CCn1c(CCl)nc2cc(I)ccc21. The quantitative estimate of drug-likeness (QED) is 0.615. The van der Waals surface area contributed by atoms with E-state index in [4.69, 9.17) is 11.6 Å². The van der Waals surface area contributed by atoms with Crippen molar-refractivity contribution in [2.75, 3.05) is 20.6 Å². The van der Waals surface area contributed by atoms with Gasteiger partial charge in [0.05, 0.1) is 16.9 Å². The van der Waals surface area contributed by atoms with E-state index >= 15 is 0 Å². The zero-order valence-electron chi connectivity index (χ0n) is 9.95. The van der Waals surface area contributed by atoms with Crippen LogP contribution in [0.3, 0.4) is 0 Å². The highest BCUT2D eigenvalue weighted by Crippen LogP contribution is 2.20. The summed E-state index contributed by atoms with van der Waals surface area (Å²) in [7, 11) is 4.14. The number of rotatable bonds is 4. The summed E-state index contributed by atoms with van der Waals surface area (Å²) < 4.78 is 3.41. The molecule has 0 unspecified atom stereocenters. The molecule has 0 aliphatic heterocycles. The molecule has 0 N–H and O–H groups in total. The Kier molecular flexibility index (Phi) is 4.27. The number of likely N-dealkylation sites (N-methyl/N-ethyl adjacent to an activating group) is 1. The number of benzene rings is 1. The van der Waals surface area contributed by atoms with Gasteiger partial charge in [-0.05, 0) is 54.9 Å². The van der Waals surface area contributed by atoms with Crippen LogP contribution in [0.25, 0.3) is 11.0 Å². The summed E-state index contributed by atoms with van der Waals surface area (Å²) >= 11 is 8.26. The molecule has 2 aromatic rings. The van der Waals surface area contributed by atoms with Gasteiger partial charge in [0.2, 0.25) is 0 Å². The Morgan fingerprint density at radius 1 is 1.41 bits per heavy atom. The molecule has 5 heteroatoms. The number of hydrogen-bond donors (Lipinski definition) is 0. The van der Waals surface area contributed by atoms with Crippen LogP contribution in [-0.4, -0.2) is 35.1 Å². The molecule has 0 bridgehead atoms. The van der Waals surface area contributed by atoms with E-state index in [2.05, 4.69) is 69.3 Å². The van der Waals surface area contributed by atoms with E-state index in [1.54, 1.807) is 0 Å². The third-order valence-corrected chi connectivity index (χ3v) is 3.59. The summed E-state index contributed by atoms with van der Waals surface area (Å²) in [5, 5.41) is 0. The van der Waals surface area contributed by atoms with Crippen LogP contribution in [0.1, 0.15) is 5.82 Å². The lowest BCUT2D eigenvalue weighted by atomic mass is 10.3. The Morgan fingerprint density at radius 3 is 2.82 bits per heavy atom. The topological polar surface area (TPSA) is 21.1 Å². The maximum absolute atomic E-state index is 5.96. The van der Waals surface area contributed by atoms with Crippen molar-refractivity contribution in [3.63, 3.8) is 0 Å². The minimum absolute atomic E-state index is 0.457. The van der Waals surface area contributed by atoms with E-state index in [1.165, 1.54) is 9.09 Å². The van der Waals surface area contributed by atoms with Gasteiger partial charge in [0.1, 0.15) is 5.82 Å². The molecule has 0 saturated heterocycles. The molecule has 0 atom stereocenters. The Bertz CT molecular complexity index is 522. The van der Waals surface area contributed by atoms with Gasteiger partial charge < -0.3 is 9.47 Å². The molecule has 0 amide bonds. The summed E-state index contributed by atoms with van der Waals surface area (Å²) in [5.74, 6) is 1.41. The molecule has 0 radical (unpaired) electrons. The van der Waals surface area contributed by atoms with Crippen LogP contribution in [0, 0.1) is 3.57 Å². The lowest BCUT2D eigenvalue weighted by molar-refractivity contribution is 0.384. The van der Waals surface area contributed by atoms with Crippen LogP contribution < -0.4 is 0 Å². The van der Waals surface area contributed by atoms with Crippen molar-refractivity contribution in [1.29, 1.82) is 0 Å². The fraction of sp³-hybridized carbons (Fsp3) is 0.417. The van der Waals surface area contributed by atoms with Gasteiger partial charge in [-0.1, -0.05) is 0 Å². The number of hydrogen-bond acceptors (Lipinski definition) is 2. The second-order valence-corrected chi connectivity index (χ2v) is 5.76. The van der Waals surface area contributed by atoms with Crippen molar-refractivity contribution in [3.05, 3.63) is 27.6 Å². The Balaban J connectivity index is 2.43. The monoisotopic (exact) mass is 363 g/mol. The van der Waals surface area contributed by atoms with Gasteiger partial charge in [0.25, 0.3) is 0 Å². The molecule has 0 saturated carbocycles. The van der Waals surface area contributed by atoms with E-state index in [1.807, 2.05) is 0 Å². The molecular weight excluding hydrogens is 349 g/mol. The van der Waals surface area contributed by atoms with Crippen LogP contribution >= 0.6 is 34.2 Å². The highest BCUT2D eigenvalue weighted by molar-refractivity contribution is 14.1. The fourth-order valence-electron chi connectivity index (χ4n) is 1.80. The zero-order chi connectivity index (χ0) is 12.4. The average molecular weight is 364 g/mol. The first-order valence-electron chi connectivity index (χ1n) is 5.47. The van der Waals surface area contributed by atoms with Gasteiger partial charge in [-0.25, -0.2) is 4.98 Å². The molecule has 0 spiro atoms.